The maximum absolute atomic E-state index is 13.4. The molecule has 118 valence electrons. The lowest BCUT2D eigenvalue weighted by Gasteiger charge is -2.06. The van der Waals surface area contributed by atoms with Crippen LogP contribution in [-0.2, 0) is 4.74 Å². The molecule has 0 saturated carbocycles. The zero-order valence-electron chi connectivity index (χ0n) is 11.5. The molecule has 0 radical (unpaired) electrons. The number of hydrogen-bond acceptors (Lipinski definition) is 5. The Labute approximate surface area is 128 Å². The molecule has 0 bridgehead atoms. The lowest BCUT2D eigenvalue weighted by Crippen LogP contribution is -2.16. The maximum Gasteiger partial charge on any atom is 0.345 e. The lowest BCUT2D eigenvalue weighted by atomic mass is 10.1. The highest BCUT2D eigenvalue weighted by molar-refractivity contribution is 6.00. The summed E-state index contributed by atoms with van der Waals surface area (Å²) in [6, 6.07) is 7.30. The van der Waals surface area contributed by atoms with Crippen LogP contribution in [0.4, 0.5) is 14.5 Å². The van der Waals surface area contributed by atoms with Gasteiger partial charge in [-0.1, -0.05) is 12.1 Å². The van der Waals surface area contributed by atoms with Crippen LogP contribution >= 0.6 is 0 Å². The fourth-order valence-corrected chi connectivity index (χ4v) is 1.80. The average molecular weight is 321 g/mol. The first kappa shape index (κ1) is 16.2. The van der Waals surface area contributed by atoms with Crippen molar-refractivity contribution in [1.82, 2.24) is 0 Å². The van der Waals surface area contributed by atoms with Gasteiger partial charge in [-0.2, -0.15) is 0 Å². The van der Waals surface area contributed by atoms with Crippen molar-refractivity contribution in [1.29, 1.82) is 0 Å². The summed E-state index contributed by atoms with van der Waals surface area (Å²) in [5.41, 5.74) is -1.40. The molecular weight excluding hydrogens is 312 g/mol. The van der Waals surface area contributed by atoms with E-state index < -0.39 is 46.2 Å². The van der Waals surface area contributed by atoms with Gasteiger partial charge < -0.3 is 4.74 Å². The molecule has 0 N–H and O–H groups in total. The highest BCUT2D eigenvalue weighted by Gasteiger charge is 2.22. The van der Waals surface area contributed by atoms with Crippen molar-refractivity contribution in [3.63, 3.8) is 0 Å². The van der Waals surface area contributed by atoms with Crippen molar-refractivity contribution < 1.29 is 28.0 Å². The number of hydrogen-bond donors (Lipinski definition) is 0. The summed E-state index contributed by atoms with van der Waals surface area (Å²) in [7, 11) is 0. The Bertz CT molecular complexity index is 791. The molecule has 2 aromatic carbocycles. The van der Waals surface area contributed by atoms with Gasteiger partial charge in [0.25, 0.3) is 5.69 Å². The number of carbonyl (C=O) groups is 2. The van der Waals surface area contributed by atoms with Crippen LogP contribution < -0.4 is 0 Å². The normalized spacial score (nSPS) is 10.2. The average Bonchev–Trinajstić information content (AvgIpc) is 2.54. The molecule has 2 rings (SSSR count). The number of esters is 1. The van der Waals surface area contributed by atoms with Crippen LogP contribution in [-0.4, -0.2) is 23.3 Å². The second-order valence-corrected chi connectivity index (χ2v) is 4.40. The standard InChI is InChI=1S/C15H9F2NO5/c16-9-5-6-12(17)11(7-9)14(19)8-23-15(20)10-3-1-2-4-13(10)18(21)22/h1-7H,8H2. The van der Waals surface area contributed by atoms with Crippen molar-refractivity contribution in [2.75, 3.05) is 6.61 Å². The molecule has 0 spiro atoms. The second-order valence-electron chi connectivity index (χ2n) is 4.40. The first-order valence-corrected chi connectivity index (χ1v) is 6.29. The molecule has 0 atom stereocenters. The molecule has 0 amide bonds. The number of ketones is 1. The summed E-state index contributed by atoms with van der Waals surface area (Å²) in [5.74, 6) is -3.85. The van der Waals surface area contributed by atoms with E-state index in [2.05, 4.69) is 4.74 Å². The first-order chi connectivity index (χ1) is 10.9. The zero-order chi connectivity index (χ0) is 17.0. The van der Waals surface area contributed by atoms with Gasteiger partial charge in [-0.15, -0.1) is 0 Å². The molecule has 0 fully saturated rings. The summed E-state index contributed by atoms with van der Waals surface area (Å²) in [5, 5.41) is 10.8. The molecule has 0 aliphatic carbocycles. The van der Waals surface area contributed by atoms with E-state index in [1.807, 2.05) is 0 Å². The number of para-hydroxylation sites is 1. The largest absolute Gasteiger partial charge is 0.454 e. The minimum atomic E-state index is -1.11. The number of Topliss-reactive ketones (excluding diaryl/α,β-unsaturated/α-hetero) is 1. The fraction of sp³-hybridized carbons (Fsp3) is 0.0667. The molecular formula is C15H9F2NO5. The van der Waals surface area contributed by atoms with E-state index in [4.69, 9.17) is 0 Å². The minimum Gasteiger partial charge on any atom is -0.454 e. The summed E-state index contributed by atoms with van der Waals surface area (Å²) in [4.78, 5) is 33.6. The minimum absolute atomic E-state index is 0.343. The quantitative estimate of drug-likeness (QED) is 0.366. The van der Waals surface area contributed by atoms with E-state index in [9.17, 15) is 28.5 Å². The van der Waals surface area contributed by atoms with Gasteiger partial charge in [-0.3, -0.25) is 14.9 Å². The number of rotatable bonds is 5. The Morgan fingerprint density at radius 3 is 2.48 bits per heavy atom. The van der Waals surface area contributed by atoms with E-state index in [0.29, 0.717) is 6.07 Å². The van der Waals surface area contributed by atoms with Crippen LogP contribution in [0.5, 0.6) is 0 Å². The van der Waals surface area contributed by atoms with Crippen molar-refractivity contribution in [2.45, 2.75) is 0 Å². The molecule has 23 heavy (non-hydrogen) atoms. The van der Waals surface area contributed by atoms with Crippen molar-refractivity contribution >= 4 is 17.4 Å². The highest BCUT2D eigenvalue weighted by atomic mass is 19.1. The van der Waals surface area contributed by atoms with Crippen LogP contribution in [0.2, 0.25) is 0 Å². The molecule has 0 unspecified atom stereocenters. The van der Waals surface area contributed by atoms with Gasteiger partial charge in [-0.05, 0) is 24.3 Å². The van der Waals surface area contributed by atoms with Crippen LogP contribution in [0.15, 0.2) is 42.5 Å². The van der Waals surface area contributed by atoms with E-state index in [-0.39, 0.29) is 5.56 Å². The Balaban J connectivity index is 2.12. The van der Waals surface area contributed by atoms with Gasteiger partial charge in [-0.25, -0.2) is 13.6 Å². The number of nitro benzene ring substituents is 1. The van der Waals surface area contributed by atoms with Crippen LogP contribution in [0, 0.1) is 21.7 Å². The van der Waals surface area contributed by atoms with Crippen molar-refractivity contribution in [3.05, 3.63) is 75.3 Å². The van der Waals surface area contributed by atoms with Gasteiger partial charge in [0, 0.05) is 6.07 Å². The molecule has 8 heteroatoms. The molecule has 6 nitrogen and oxygen atoms in total. The van der Waals surface area contributed by atoms with Crippen LogP contribution in [0.1, 0.15) is 20.7 Å². The summed E-state index contributed by atoms with van der Waals surface area (Å²) < 4.78 is 31.1. The number of carbonyl (C=O) groups excluding carboxylic acids is 2. The van der Waals surface area contributed by atoms with Crippen LogP contribution in [0.3, 0.4) is 0 Å². The molecule has 0 aliphatic heterocycles. The molecule has 0 saturated heterocycles. The second kappa shape index (κ2) is 6.73. The molecule has 0 aliphatic rings. The summed E-state index contributed by atoms with van der Waals surface area (Å²) >= 11 is 0. The Kier molecular flexibility index (Phi) is 4.75. The predicted octanol–water partition coefficient (Wildman–Crippen LogP) is 2.91. The predicted molar refractivity (Wildman–Crippen MR) is 74.1 cm³/mol. The van der Waals surface area contributed by atoms with Gasteiger partial charge in [0.15, 0.2) is 6.61 Å². The maximum atomic E-state index is 13.4. The van der Waals surface area contributed by atoms with E-state index in [1.54, 1.807) is 0 Å². The molecule has 2 aromatic rings. The molecule has 0 aromatic heterocycles. The Morgan fingerprint density at radius 1 is 1.09 bits per heavy atom. The zero-order valence-corrected chi connectivity index (χ0v) is 11.5. The first-order valence-electron chi connectivity index (χ1n) is 6.29. The van der Waals surface area contributed by atoms with Gasteiger partial charge >= 0.3 is 5.97 Å². The third-order valence-electron chi connectivity index (χ3n) is 2.88. The van der Waals surface area contributed by atoms with E-state index in [1.165, 1.54) is 12.1 Å². The van der Waals surface area contributed by atoms with Gasteiger partial charge in [0.05, 0.1) is 10.5 Å². The number of halogens is 2. The lowest BCUT2D eigenvalue weighted by molar-refractivity contribution is -0.385. The third-order valence-corrected chi connectivity index (χ3v) is 2.88. The summed E-state index contributed by atoms with van der Waals surface area (Å²) in [6.45, 7) is -0.870. The number of benzene rings is 2. The Morgan fingerprint density at radius 2 is 1.78 bits per heavy atom. The monoisotopic (exact) mass is 321 g/mol. The van der Waals surface area contributed by atoms with Crippen molar-refractivity contribution in [3.8, 4) is 0 Å². The fourth-order valence-electron chi connectivity index (χ4n) is 1.80. The number of nitrogens with zero attached hydrogens (tertiary/aromatic N) is 1. The summed E-state index contributed by atoms with van der Waals surface area (Å²) in [6.07, 6.45) is 0. The van der Waals surface area contributed by atoms with Gasteiger partial charge in [0.2, 0.25) is 5.78 Å². The van der Waals surface area contributed by atoms with E-state index >= 15 is 0 Å². The molecule has 0 heterocycles. The smallest absolute Gasteiger partial charge is 0.345 e. The Hall–Kier alpha value is -3.16. The van der Waals surface area contributed by atoms with Gasteiger partial charge in [0.1, 0.15) is 17.2 Å². The number of nitro groups is 1. The number of ether oxygens (including phenoxy) is 1. The van der Waals surface area contributed by atoms with E-state index in [0.717, 1.165) is 24.3 Å². The third kappa shape index (κ3) is 3.73. The topological polar surface area (TPSA) is 86.5 Å². The highest BCUT2D eigenvalue weighted by Crippen LogP contribution is 2.19. The van der Waals surface area contributed by atoms with Crippen LogP contribution in [0.25, 0.3) is 0 Å². The SMILES string of the molecule is O=C(COC(=O)c1ccccc1[N+](=O)[O-])c1cc(F)ccc1F. The van der Waals surface area contributed by atoms with Crippen molar-refractivity contribution in [2.24, 2.45) is 0 Å².